The number of aryl methyl sites for hydroxylation is 2. The fourth-order valence-electron chi connectivity index (χ4n) is 1.50. The van der Waals surface area contributed by atoms with Gasteiger partial charge in [0.15, 0.2) is 0 Å². The van der Waals surface area contributed by atoms with Crippen LogP contribution in [0.4, 0.5) is 5.69 Å². The minimum Gasteiger partial charge on any atom is -0.376 e. The van der Waals surface area contributed by atoms with Crippen LogP contribution in [0.25, 0.3) is 0 Å². The minimum absolute atomic E-state index is 0.00993. The molecule has 0 unspecified atom stereocenters. The summed E-state index contributed by atoms with van der Waals surface area (Å²) in [4.78, 5) is 11.6. The summed E-state index contributed by atoms with van der Waals surface area (Å²) >= 11 is 0. The summed E-state index contributed by atoms with van der Waals surface area (Å²) in [5, 5.41) is 6.04. The number of carbonyl (C=O) groups is 1. The Balaban J connectivity index is 2.50. The molecule has 0 bridgehead atoms. The van der Waals surface area contributed by atoms with Crippen LogP contribution in [-0.4, -0.2) is 18.0 Å². The van der Waals surface area contributed by atoms with Crippen molar-refractivity contribution in [3.05, 3.63) is 29.3 Å². The molecule has 1 rings (SSSR count). The number of carbonyl (C=O) groups excluding carboxylic acids is 1. The summed E-state index contributed by atoms with van der Waals surface area (Å²) < 4.78 is 0. The molecular weight excluding hydrogens is 212 g/mol. The first-order valence-corrected chi connectivity index (χ1v) is 5.90. The third-order valence-corrected chi connectivity index (χ3v) is 2.47. The zero-order chi connectivity index (χ0) is 13.1. The molecular formula is C14H22N2O. The van der Waals surface area contributed by atoms with Gasteiger partial charge < -0.3 is 10.6 Å². The summed E-state index contributed by atoms with van der Waals surface area (Å²) in [6, 6.07) is 6.10. The third kappa shape index (κ3) is 4.89. The van der Waals surface area contributed by atoms with Crippen molar-refractivity contribution in [1.82, 2.24) is 5.32 Å². The van der Waals surface area contributed by atoms with E-state index in [0.717, 1.165) is 5.69 Å². The Morgan fingerprint density at radius 2 is 1.82 bits per heavy atom. The Labute approximate surface area is 104 Å². The first kappa shape index (κ1) is 13.6. The van der Waals surface area contributed by atoms with Gasteiger partial charge in [0.2, 0.25) is 5.91 Å². The molecule has 1 amide bonds. The molecule has 3 nitrogen and oxygen atoms in total. The van der Waals surface area contributed by atoms with Crippen LogP contribution in [-0.2, 0) is 4.79 Å². The molecule has 0 atom stereocenters. The summed E-state index contributed by atoms with van der Waals surface area (Å²) in [7, 11) is 0. The van der Waals surface area contributed by atoms with E-state index in [9.17, 15) is 4.79 Å². The lowest BCUT2D eigenvalue weighted by Crippen LogP contribution is -2.43. The number of anilines is 1. The van der Waals surface area contributed by atoms with Crippen LogP contribution >= 0.6 is 0 Å². The Bertz CT molecular complexity index is 405. The molecule has 0 aromatic heterocycles. The molecule has 2 N–H and O–H groups in total. The van der Waals surface area contributed by atoms with Gasteiger partial charge in [-0.3, -0.25) is 4.79 Å². The molecule has 0 heterocycles. The zero-order valence-corrected chi connectivity index (χ0v) is 11.3. The molecule has 3 heteroatoms. The van der Waals surface area contributed by atoms with Gasteiger partial charge in [-0.25, -0.2) is 0 Å². The van der Waals surface area contributed by atoms with Crippen molar-refractivity contribution in [2.45, 2.75) is 40.2 Å². The van der Waals surface area contributed by atoms with E-state index in [1.807, 2.05) is 26.8 Å². The predicted octanol–water partition coefficient (Wildman–Crippen LogP) is 2.63. The number of hydrogen-bond donors (Lipinski definition) is 2. The summed E-state index contributed by atoms with van der Waals surface area (Å²) in [5.41, 5.74) is 3.29. The summed E-state index contributed by atoms with van der Waals surface area (Å²) in [6.45, 7) is 10.4. The first-order valence-electron chi connectivity index (χ1n) is 5.90. The van der Waals surface area contributed by atoms with Gasteiger partial charge >= 0.3 is 0 Å². The van der Waals surface area contributed by atoms with Gasteiger partial charge in [0.05, 0.1) is 6.54 Å². The second-order valence-corrected chi connectivity index (χ2v) is 5.45. The van der Waals surface area contributed by atoms with E-state index in [2.05, 4.69) is 36.6 Å². The van der Waals surface area contributed by atoms with Crippen LogP contribution in [0.1, 0.15) is 31.9 Å². The average Bonchev–Trinajstić information content (AvgIpc) is 2.17. The lowest BCUT2D eigenvalue weighted by molar-refractivity contribution is -0.120. The summed E-state index contributed by atoms with van der Waals surface area (Å²) in [5.74, 6) is 0.00993. The summed E-state index contributed by atoms with van der Waals surface area (Å²) in [6.07, 6.45) is 0. The minimum atomic E-state index is -0.179. The van der Waals surface area contributed by atoms with Crippen molar-refractivity contribution in [1.29, 1.82) is 0 Å². The zero-order valence-electron chi connectivity index (χ0n) is 11.3. The molecule has 0 spiro atoms. The molecule has 0 saturated heterocycles. The molecule has 0 fully saturated rings. The highest BCUT2D eigenvalue weighted by atomic mass is 16.2. The number of amides is 1. The molecule has 0 radical (unpaired) electrons. The van der Waals surface area contributed by atoms with Crippen molar-refractivity contribution in [2.75, 3.05) is 11.9 Å². The Morgan fingerprint density at radius 1 is 1.18 bits per heavy atom. The number of nitrogens with one attached hydrogen (secondary N) is 2. The Morgan fingerprint density at radius 3 is 2.35 bits per heavy atom. The predicted molar refractivity (Wildman–Crippen MR) is 72.3 cm³/mol. The van der Waals surface area contributed by atoms with Crippen molar-refractivity contribution >= 4 is 11.6 Å². The lowest BCUT2D eigenvalue weighted by Gasteiger charge is -2.20. The van der Waals surface area contributed by atoms with Gasteiger partial charge in [-0.05, 0) is 57.9 Å². The fraction of sp³-hybridized carbons (Fsp3) is 0.500. The van der Waals surface area contributed by atoms with E-state index in [1.165, 1.54) is 11.1 Å². The van der Waals surface area contributed by atoms with Crippen molar-refractivity contribution < 1.29 is 4.79 Å². The van der Waals surface area contributed by atoms with Crippen LogP contribution in [0, 0.1) is 13.8 Å². The maximum Gasteiger partial charge on any atom is 0.239 e. The first-order chi connectivity index (χ1) is 7.78. The van der Waals surface area contributed by atoms with E-state index < -0.39 is 0 Å². The van der Waals surface area contributed by atoms with Crippen LogP contribution in [0.2, 0.25) is 0 Å². The number of hydrogen-bond acceptors (Lipinski definition) is 2. The standard InChI is InChI=1S/C14H22N2O/c1-10-6-7-12(8-11(10)2)15-9-13(17)16-14(3,4)5/h6-8,15H,9H2,1-5H3,(H,16,17). The van der Waals surface area contributed by atoms with Crippen molar-refractivity contribution in [3.8, 4) is 0 Å². The van der Waals surface area contributed by atoms with Gasteiger partial charge in [-0.15, -0.1) is 0 Å². The topological polar surface area (TPSA) is 41.1 Å². The van der Waals surface area contributed by atoms with Crippen LogP contribution in [0.3, 0.4) is 0 Å². The maximum atomic E-state index is 11.6. The highest BCUT2D eigenvalue weighted by Crippen LogP contribution is 2.13. The van der Waals surface area contributed by atoms with Gasteiger partial charge in [0.25, 0.3) is 0 Å². The number of benzene rings is 1. The lowest BCUT2D eigenvalue weighted by atomic mass is 10.1. The normalized spacial score (nSPS) is 11.1. The van der Waals surface area contributed by atoms with Crippen LogP contribution in [0.5, 0.6) is 0 Å². The Kier molecular flexibility index (Phi) is 4.16. The molecule has 1 aromatic carbocycles. The maximum absolute atomic E-state index is 11.6. The monoisotopic (exact) mass is 234 g/mol. The molecule has 0 aliphatic heterocycles. The third-order valence-electron chi connectivity index (χ3n) is 2.47. The van der Waals surface area contributed by atoms with Crippen molar-refractivity contribution in [3.63, 3.8) is 0 Å². The van der Waals surface area contributed by atoms with Gasteiger partial charge in [-0.1, -0.05) is 6.07 Å². The van der Waals surface area contributed by atoms with Gasteiger partial charge in [-0.2, -0.15) is 0 Å². The van der Waals surface area contributed by atoms with E-state index in [-0.39, 0.29) is 11.4 Å². The quantitative estimate of drug-likeness (QED) is 0.844. The fourth-order valence-corrected chi connectivity index (χ4v) is 1.50. The van der Waals surface area contributed by atoms with E-state index in [0.29, 0.717) is 6.54 Å². The second kappa shape index (κ2) is 5.21. The Hall–Kier alpha value is -1.51. The molecule has 0 saturated carbocycles. The van der Waals surface area contributed by atoms with Gasteiger partial charge in [0, 0.05) is 11.2 Å². The largest absolute Gasteiger partial charge is 0.376 e. The van der Waals surface area contributed by atoms with E-state index >= 15 is 0 Å². The molecule has 0 aliphatic rings. The smallest absolute Gasteiger partial charge is 0.239 e. The average molecular weight is 234 g/mol. The SMILES string of the molecule is Cc1ccc(NCC(=O)NC(C)(C)C)cc1C. The number of rotatable bonds is 3. The molecule has 0 aliphatic carbocycles. The van der Waals surface area contributed by atoms with Gasteiger partial charge in [0.1, 0.15) is 0 Å². The highest BCUT2D eigenvalue weighted by molar-refractivity contribution is 5.81. The second-order valence-electron chi connectivity index (χ2n) is 5.45. The highest BCUT2D eigenvalue weighted by Gasteiger charge is 2.12. The molecule has 1 aromatic rings. The van der Waals surface area contributed by atoms with Crippen molar-refractivity contribution in [2.24, 2.45) is 0 Å². The van der Waals surface area contributed by atoms with E-state index in [1.54, 1.807) is 0 Å². The van der Waals surface area contributed by atoms with Crippen LogP contribution < -0.4 is 10.6 Å². The van der Waals surface area contributed by atoms with Crippen LogP contribution in [0.15, 0.2) is 18.2 Å². The van der Waals surface area contributed by atoms with E-state index in [4.69, 9.17) is 0 Å². The molecule has 94 valence electrons. The molecule has 17 heavy (non-hydrogen) atoms.